The zero-order valence-corrected chi connectivity index (χ0v) is 10.4. The number of hydrogen-bond acceptors (Lipinski definition) is 4. The van der Waals surface area contributed by atoms with Crippen molar-refractivity contribution in [2.45, 2.75) is 16.6 Å². The van der Waals surface area contributed by atoms with Crippen molar-refractivity contribution in [1.82, 2.24) is 15.0 Å². The average molecular weight is 256 g/mol. The van der Waals surface area contributed by atoms with E-state index < -0.39 is 0 Å². The van der Waals surface area contributed by atoms with E-state index in [1.54, 1.807) is 24.2 Å². The molecular formula is C13H12N4S. The summed E-state index contributed by atoms with van der Waals surface area (Å²) in [5.74, 6) is 0. The molecule has 5 heteroatoms. The molecule has 0 fully saturated rings. The largest absolute Gasteiger partial charge is 0.349 e. The highest BCUT2D eigenvalue weighted by Crippen LogP contribution is 2.29. The van der Waals surface area contributed by atoms with E-state index in [-0.39, 0.29) is 0 Å². The highest BCUT2D eigenvalue weighted by atomic mass is 32.2. The van der Waals surface area contributed by atoms with Crippen molar-refractivity contribution in [2.24, 2.45) is 5.73 Å². The molecule has 3 aromatic rings. The topological polar surface area (TPSA) is 67.6 Å². The Bertz CT molecular complexity index is 644. The molecule has 90 valence electrons. The molecule has 0 bridgehead atoms. The molecule has 0 radical (unpaired) electrons. The number of fused-ring (bicyclic) bond motifs is 1. The second kappa shape index (κ2) is 4.80. The Balaban J connectivity index is 1.96. The molecule has 3 N–H and O–H groups in total. The van der Waals surface area contributed by atoms with Crippen LogP contribution in [0.3, 0.4) is 0 Å². The Morgan fingerprint density at radius 1 is 1.17 bits per heavy atom. The normalized spacial score (nSPS) is 10.9. The Hall–Kier alpha value is -1.85. The maximum absolute atomic E-state index is 5.65. The lowest BCUT2D eigenvalue weighted by atomic mass is 10.3. The molecule has 0 unspecified atom stereocenters. The fourth-order valence-corrected chi connectivity index (χ4v) is 2.71. The predicted octanol–water partition coefficient (Wildman–Crippen LogP) is 2.57. The van der Waals surface area contributed by atoms with Crippen LogP contribution < -0.4 is 5.73 Å². The number of benzene rings is 1. The van der Waals surface area contributed by atoms with E-state index in [1.165, 1.54) is 5.39 Å². The minimum atomic E-state index is 0.399. The number of para-hydroxylation sites is 1. The van der Waals surface area contributed by atoms with Crippen LogP contribution in [0, 0.1) is 0 Å². The van der Waals surface area contributed by atoms with E-state index in [9.17, 15) is 0 Å². The third kappa shape index (κ3) is 2.10. The van der Waals surface area contributed by atoms with Crippen LogP contribution in [0.4, 0.5) is 0 Å². The third-order valence-electron chi connectivity index (χ3n) is 2.64. The Labute approximate surface area is 109 Å². The van der Waals surface area contributed by atoms with Crippen molar-refractivity contribution in [3.8, 4) is 0 Å². The van der Waals surface area contributed by atoms with E-state index in [1.807, 2.05) is 12.1 Å². The minimum absolute atomic E-state index is 0.399. The van der Waals surface area contributed by atoms with Crippen LogP contribution >= 0.6 is 11.8 Å². The van der Waals surface area contributed by atoms with Crippen molar-refractivity contribution < 1.29 is 0 Å². The van der Waals surface area contributed by atoms with E-state index >= 15 is 0 Å². The lowest BCUT2D eigenvalue weighted by molar-refractivity contribution is 0.885. The van der Waals surface area contributed by atoms with Crippen LogP contribution in [-0.4, -0.2) is 15.0 Å². The summed E-state index contributed by atoms with van der Waals surface area (Å²) >= 11 is 1.56. The Morgan fingerprint density at radius 3 is 2.83 bits per heavy atom. The Morgan fingerprint density at radius 2 is 2.00 bits per heavy atom. The summed E-state index contributed by atoms with van der Waals surface area (Å²) in [6, 6.07) is 10.3. The van der Waals surface area contributed by atoms with Crippen LogP contribution in [0.5, 0.6) is 0 Å². The smallest absolute Gasteiger partial charge is 0.125 e. The first kappa shape index (κ1) is 11.3. The monoisotopic (exact) mass is 256 g/mol. The van der Waals surface area contributed by atoms with Gasteiger partial charge in [-0.2, -0.15) is 0 Å². The zero-order chi connectivity index (χ0) is 12.4. The average Bonchev–Trinajstić information content (AvgIpc) is 2.81. The summed E-state index contributed by atoms with van der Waals surface area (Å²) in [5.41, 5.74) is 7.60. The quantitative estimate of drug-likeness (QED) is 0.755. The van der Waals surface area contributed by atoms with Crippen LogP contribution in [0.1, 0.15) is 5.69 Å². The van der Waals surface area contributed by atoms with Gasteiger partial charge in [-0.3, -0.25) is 4.98 Å². The molecule has 2 heterocycles. The van der Waals surface area contributed by atoms with Gasteiger partial charge in [0.1, 0.15) is 5.03 Å². The van der Waals surface area contributed by atoms with Gasteiger partial charge in [-0.15, -0.1) is 0 Å². The first-order valence-electron chi connectivity index (χ1n) is 5.62. The summed E-state index contributed by atoms with van der Waals surface area (Å²) in [5, 5.41) is 3.09. The van der Waals surface area contributed by atoms with Crippen molar-refractivity contribution in [3.05, 3.63) is 48.4 Å². The van der Waals surface area contributed by atoms with E-state index in [2.05, 4.69) is 33.2 Å². The number of nitrogens with one attached hydrogen (secondary N) is 1. The van der Waals surface area contributed by atoms with Crippen molar-refractivity contribution in [3.63, 3.8) is 0 Å². The second-order valence-corrected chi connectivity index (χ2v) is 4.87. The maximum Gasteiger partial charge on any atom is 0.125 e. The number of hydrogen-bond donors (Lipinski definition) is 2. The van der Waals surface area contributed by atoms with Gasteiger partial charge in [0, 0.05) is 29.8 Å². The highest BCUT2D eigenvalue weighted by molar-refractivity contribution is 7.99. The molecule has 0 saturated heterocycles. The minimum Gasteiger partial charge on any atom is -0.349 e. The van der Waals surface area contributed by atoms with Crippen LogP contribution in [0.2, 0.25) is 0 Å². The summed E-state index contributed by atoms with van der Waals surface area (Å²) in [6.45, 7) is 0.399. The third-order valence-corrected chi connectivity index (χ3v) is 3.62. The number of H-pyrrole nitrogens is 1. The molecule has 1 aromatic carbocycles. The van der Waals surface area contributed by atoms with E-state index in [0.717, 1.165) is 21.3 Å². The number of aromatic amines is 1. The fraction of sp³-hybridized carbons (Fsp3) is 0.0769. The van der Waals surface area contributed by atoms with E-state index in [4.69, 9.17) is 5.73 Å². The number of nitrogens with zero attached hydrogens (tertiary/aromatic N) is 2. The van der Waals surface area contributed by atoms with Gasteiger partial charge < -0.3 is 10.7 Å². The zero-order valence-electron chi connectivity index (χ0n) is 9.63. The highest BCUT2D eigenvalue weighted by Gasteiger charge is 2.07. The molecule has 0 saturated carbocycles. The second-order valence-electron chi connectivity index (χ2n) is 3.84. The van der Waals surface area contributed by atoms with Gasteiger partial charge in [0.25, 0.3) is 0 Å². The van der Waals surface area contributed by atoms with Crippen molar-refractivity contribution in [1.29, 1.82) is 0 Å². The fourth-order valence-electron chi connectivity index (χ4n) is 1.79. The number of nitrogens with two attached hydrogens (primary N) is 1. The molecule has 0 amide bonds. The molecule has 0 atom stereocenters. The van der Waals surface area contributed by atoms with Gasteiger partial charge in [-0.25, -0.2) is 4.98 Å². The SMILES string of the molecule is NCc1nccnc1Sc1cc2ccccc2[nH]1. The van der Waals surface area contributed by atoms with Gasteiger partial charge >= 0.3 is 0 Å². The number of rotatable bonds is 3. The van der Waals surface area contributed by atoms with E-state index in [0.29, 0.717) is 6.54 Å². The first-order chi connectivity index (χ1) is 8.86. The lowest BCUT2D eigenvalue weighted by Crippen LogP contribution is -2.02. The molecule has 3 rings (SSSR count). The van der Waals surface area contributed by atoms with Crippen LogP contribution in [0.15, 0.2) is 52.8 Å². The molecule has 0 aliphatic heterocycles. The van der Waals surface area contributed by atoms with Gasteiger partial charge in [0.05, 0.1) is 10.7 Å². The van der Waals surface area contributed by atoms with Gasteiger partial charge in [-0.1, -0.05) is 30.0 Å². The standard InChI is InChI=1S/C13H12N4S/c14-8-11-13(16-6-5-15-11)18-12-7-9-3-1-2-4-10(9)17-12/h1-7,17H,8,14H2. The summed E-state index contributed by atoms with van der Waals surface area (Å²) in [4.78, 5) is 11.9. The van der Waals surface area contributed by atoms with Crippen molar-refractivity contribution >= 4 is 22.7 Å². The molecule has 18 heavy (non-hydrogen) atoms. The number of aromatic nitrogens is 3. The van der Waals surface area contributed by atoms with Crippen LogP contribution in [-0.2, 0) is 6.54 Å². The molecule has 0 spiro atoms. The van der Waals surface area contributed by atoms with Crippen molar-refractivity contribution in [2.75, 3.05) is 0 Å². The van der Waals surface area contributed by atoms with Gasteiger partial charge in [0.2, 0.25) is 0 Å². The van der Waals surface area contributed by atoms with Gasteiger partial charge in [0.15, 0.2) is 0 Å². The lowest BCUT2D eigenvalue weighted by Gasteiger charge is -2.02. The first-order valence-corrected chi connectivity index (χ1v) is 6.44. The molecular weight excluding hydrogens is 244 g/mol. The summed E-state index contributed by atoms with van der Waals surface area (Å²) < 4.78 is 0. The molecule has 0 aliphatic rings. The molecule has 2 aromatic heterocycles. The van der Waals surface area contributed by atoms with Gasteiger partial charge in [-0.05, 0) is 12.1 Å². The summed E-state index contributed by atoms with van der Waals surface area (Å²) in [6.07, 6.45) is 3.35. The van der Waals surface area contributed by atoms with Crippen LogP contribution in [0.25, 0.3) is 10.9 Å². The molecule has 4 nitrogen and oxygen atoms in total. The maximum atomic E-state index is 5.65. The molecule has 0 aliphatic carbocycles. The summed E-state index contributed by atoms with van der Waals surface area (Å²) in [7, 11) is 0. The Kier molecular flexibility index (Phi) is 3.00. The predicted molar refractivity (Wildman–Crippen MR) is 72.3 cm³/mol.